The molecular formula is C14H18N3O3+. The second kappa shape index (κ2) is 7.92. The molecule has 0 unspecified atom stereocenters. The molecule has 0 aliphatic heterocycles. The van der Waals surface area contributed by atoms with E-state index in [1.807, 2.05) is 42.3 Å². The van der Waals surface area contributed by atoms with Gasteiger partial charge in [-0.25, -0.2) is 4.79 Å². The largest absolute Gasteiger partial charge is 0.505 e. The molecule has 0 radical (unpaired) electrons. The number of hydrogen-bond acceptors (Lipinski definition) is 5. The molecule has 1 aromatic rings. The highest BCUT2D eigenvalue weighted by molar-refractivity contribution is 5.90. The summed E-state index contributed by atoms with van der Waals surface area (Å²) in [6.45, 7) is 2.67. The van der Waals surface area contributed by atoms with Crippen LogP contribution in [0.2, 0.25) is 0 Å². The lowest BCUT2D eigenvalue weighted by atomic mass is 10.2. The van der Waals surface area contributed by atoms with Crippen LogP contribution in [0.15, 0.2) is 41.8 Å². The lowest BCUT2D eigenvalue weighted by molar-refractivity contribution is -0.139. The molecule has 106 valence electrons. The number of rotatable bonds is 6. The Labute approximate surface area is 117 Å². The number of allylic oxidation sites excluding steroid dienone is 1. The molecule has 0 spiro atoms. The van der Waals surface area contributed by atoms with E-state index in [2.05, 4.69) is 4.98 Å². The average molecular weight is 276 g/mol. The monoisotopic (exact) mass is 276 g/mol. The molecule has 6 heteroatoms. The van der Waals surface area contributed by atoms with Crippen LogP contribution in [0, 0.1) is 5.39 Å². The van der Waals surface area contributed by atoms with Gasteiger partial charge in [-0.2, -0.15) is 0 Å². The summed E-state index contributed by atoms with van der Waals surface area (Å²) in [5, 5.41) is 17.7. The molecule has 0 aliphatic rings. The highest BCUT2D eigenvalue weighted by Crippen LogP contribution is 2.06. The zero-order valence-electron chi connectivity index (χ0n) is 11.6. The number of diazo groups is 1. The van der Waals surface area contributed by atoms with Crippen LogP contribution in [0.3, 0.4) is 0 Å². The normalized spacial score (nSPS) is 11.7. The van der Waals surface area contributed by atoms with Crippen molar-refractivity contribution in [1.82, 2.24) is 4.90 Å². The van der Waals surface area contributed by atoms with Crippen LogP contribution in [0.25, 0.3) is 4.98 Å². The minimum Gasteiger partial charge on any atom is -0.505 e. The quantitative estimate of drug-likeness (QED) is 0.373. The molecule has 0 atom stereocenters. The van der Waals surface area contributed by atoms with Gasteiger partial charge in [-0.15, -0.1) is 0 Å². The Morgan fingerprint density at radius 1 is 1.40 bits per heavy atom. The number of aliphatic hydroxyl groups is 1. The van der Waals surface area contributed by atoms with Crippen LogP contribution in [0.1, 0.15) is 12.5 Å². The van der Waals surface area contributed by atoms with Crippen LogP contribution >= 0.6 is 0 Å². The third kappa shape index (κ3) is 5.08. The van der Waals surface area contributed by atoms with Gasteiger partial charge < -0.3 is 9.84 Å². The molecule has 6 nitrogen and oxygen atoms in total. The van der Waals surface area contributed by atoms with Gasteiger partial charge in [0.25, 0.3) is 0 Å². The Kier molecular flexibility index (Phi) is 6.20. The lowest BCUT2D eigenvalue weighted by Gasteiger charge is -2.15. The van der Waals surface area contributed by atoms with Crippen molar-refractivity contribution in [3.8, 4) is 0 Å². The molecule has 0 saturated heterocycles. The summed E-state index contributed by atoms with van der Waals surface area (Å²) in [5.74, 6) is -1.23. The first-order valence-corrected chi connectivity index (χ1v) is 6.19. The summed E-state index contributed by atoms with van der Waals surface area (Å²) < 4.78 is 4.91. The molecule has 0 fully saturated rings. The molecule has 1 N–H and O–H groups in total. The van der Waals surface area contributed by atoms with E-state index in [9.17, 15) is 4.79 Å². The number of esters is 1. The van der Waals surface area contributed by atoms with Gasteiger partial charge in [-0.05, 0) is 12.6 Å². The number of hydrogen-bond donors (Lipinski definition) is 1. The SMILES string of the molecule is C/C(O)=C(\[N+]#N)C(=O)OCCN(C)Cc1ccccc1. The zero-order valence-corrected chi connectivity index (χ0v) is 11.6. The molecule has 20 heavy (non-hydrogen) atoms. The fourth-order valence-corrected chi connectivity index (χ4v) is 1.60. The van der Waals surface area contributed by atoms with E-state index in [0.717, 1.165) is 6.54 Å². The summed E-state index contributed by atoms with van der Waals surface area (Å²) in [6, 6.07) is 9.92. The summed E-state index contributed by atoms with van der Waals surface area (Å²) in [5.41, 5.74) is 0.689. The van der Waals surface area contributed by atoms with Gasteiger partial charge in [-0.1, -0.05) is 30.3 Å². The van der Waals surface area contributed by atoms with E-state index in [0.29, 0.717) is 6.54 Å². The first-order chi connectivity index (χ1) is 9.54. The Morgan fingerprint density at radius 2 is 2.05 bits per heavy atom. The average Bonchev–Trinajstić information content (AvgIpc) is 2.40. The van der Waals surface area contributed by atoms with Crippen molar-refractivity contribution in [3.05, 3.63) is 52.3 Å². The van der Waals surface area contributed by atoms with Gasteiger partial charge in [0.1, 0.15) is 6.61 Å². The summed E-state index contributed by atoms with van der Waals surface area (Å²) in [4.78, 5) is 16.1. The minimum absolute atomic E-state index is 0.147. The van der Waals surface area contributed by atoms with Crippen LogP contribution in [0.4, 0.5) is 0 Å². The van der Waals surface area contributed by atoms with Crippen molar-refractivity contribution in [2.24, 2.45) is 0 Å². The summed E-state index contributed by atoms with van der Waals surface area (Å²) in [6.07, 6.45) is 0. The van der Waals surface area contributed by atoms with Gasteiger partial charge in [-0.3, -0.25) is 4.90 Å². The van der Waals surface area contributed by atoms with E-state index < -0.39 is 11.7 Å². The molecule has 0 saturated carbocycles. The summed E-state index contributed by atoms with van der Waals surface area (Å²) in [7, 11) is 1.91. The third-order valence-electron chi connectivity index (χ3n) is 2.64. The number of aliphatic hydroxyl groups excluding tert-OH is 1. The van der Waals surface area contributed by atoms with E-state index in [1.54, 1.807) is 0 Å². The molecule has 0 aliphatic carbocycles. The van der Waals surface area contributed by atoms with Crippen molar-refractivity contribution in [2.45, 2.75) is 13.5 Å². The molecule has 0 heterocycles. The third-order valence-corrected chi connectivity index (χ3v) is 2.64. The second-order valence-electron chi connectivity index (χ2n) is 4.39. The number of nitrogens with zero attached hydrogens (tertiary/aromatic N) is 3. The van der Waals surface area contributed by atoms with Crippen molar-refractivity contribution in [1.29, 1.82) is 5.39 Å². The van der Waals surface area contributed by atoms with Crippen LogP contribution in [0.5, 0.6) is 0 Å². The molecule has 0 bridgehead atoms. The maximum Gasteiger partial charge on any atom is 0.504 e. The molecular weight excluding hydrogens is 258 g/mol. The van der Waals surface area contributed by atoms with Crippen LogP contribution < -0.4 is 0 Å². The zero-order chi connectivity index (χ0) is 15.0. The fourth-order valence-electron chi connectivity index (χ4n) is 1.60. The smallest absolute Gasteiger partial charge is 0.504 e. The molecule has 1 aromatic carbocycles. The Morgan fingerprint density at radius 3 is 2.60 bits per heavy atom. The van der Waals surface area contributed by atoms with Crippen LogP contribution in [-0.4, -0.2) is 36.2 Å². The van der Waals surface area contributed by atoms with Gasteiger partial charge in [0.05, 0.1) is 0 Å². The van der Waals surface area contributed by atoms with E-state index in [1.165, 1.54) is 12.5 Å². The topological polar surface area (TPSA) is 77.9 Å². The Balaban J connectivity index is 2.36. The van der Waals surface area contributed by atoms with Gasteiger partial charge >= 0.3 is 11.7 Å². The van der Waals surface area contributed by atoms with Gasteiger partial charge in [0, 0.05) is 20.0 Å². The van der Waals surface area contributed by atoms with E-state index in [4.69, 9.17) is 15.2 Å². The maximum atomic E-state index is 11.4. The molecule has 0 amide bonds. The van der Waals surface area contributed by atoms with Gasteiger partial charge in [0.2, 0.25) is 5.39 Å². The number of carbonyl (C=O) groups excluding carboxylic acids is 1. The summed E-state index contributed by atoms with van der Waals surface area (Å²) >= 11 is 0. The number of carbonyl (C=O) groups is 1. The number of ether oxygens (including phenoxy) is 1. The Hall–Kier alpha value is -2.39. The maximum absolute atomic E-state index is 11.4. The number of benzene rings is 1. The highest BCUT2D eigenvalue weighted by atomic mass is 16.5. The van der Waals surface area contributed by atoms with Crippen LogP contribution in [-0.2, 0) is 16.1 Å². The second-order valence-corrected chi connectivity index (χ2v) is 4.39. The lowest BCUT2D eigenvalue weighted by Crippen LogP contribution is -2.24. The van der Waals surface area contributed by atoms with Crippen molar-refractivity contribution >= 4 is 5.97 Å². The van der Waals surface area contributed by atoms with E-state index >= 15 is 0 Å². The first kappa shape index (κ1) is 15.7. The molecule has 1 rings (SSSR count). The number of likely N-dealkylation sites (N-methyl/N-ethyl adjacent to an activating group) is 1. The van der Waals surface area contributed by atoms with Gasteiger partial charge in [0.15, 0.2) is 10.7 Å². The first-order valence-electron chi connectivity index (χ1n) is 6.19. The predicted octanol–water partition coefficient (Wildman–Crippen LogP) is 2.30. The van der Waals surface area contributed by atoms with Crippen molar-refractivity contribution < 1.29 is 14.6 Å². The fraction of sp³-hybridized carbons (Fsp3) is 0.357. The highest BCUT2D eigenvalue weighted by Gasteiger charge is 2.28. The minimum atomic E-state index is -0.847. The van der Waals surface area contributed by atoms with E-state index in [-0.39, 0.29) is 12.4 Å². The molecule has 0 aromatic heterocycles. The standard InChI is InChI=1S/C14H17N3O3/c1-11(18)13(16-15)14(19)20-9-8-17(2)10-12-6-4-3-5-7-12/h3-7H,8-10H2,1-2H3/p+1. The van der Waals surface area contributed by atoms with Crippen molar-refractivity contribution in [2.75, 3.05) is 20.2 Å². The predicted molar refractivity (Wildman–Crippen MR) is 74.1 cm³/mol. The Bertz CT molecular complexity index is 516. The van der Waals surface area contributed by atoms with Crippen molar-refractivity contribution in [3.63, 3.8) is 0 Å².